The predicted octanol–water partition coefficient (Wildman–Crippen LogP) is 0.790. The third-order valence-corrected chi connectivity index (χ3v) is 3.86. The SMILES string of the molecule is NC(=O)C1CCN(CCCNC(=O)Nc2ccncc2)CC1. The van der Waals surface area contributed by atoms with Gasteiger partial charge >= 0.3 is 6.03 Å². The standard InChI is InChI=1S/C15H23N5O2/c16-14(21)12-4-10-20(11-5-12)9-1-6-18-15(22)19-13-2-7-17-8-3-13/h2-3,7-8,12H,1,4-6,9-11H2,(H2,16,21)(H2,17,18,19,22). The van der Waals surface area contributed by atoms with E-state index in [4.69, 9.17) is 5.73 Å². The Kier molecular flexibility index (Phi) is 6.14. The molecule has 1 aliphatic rings. The van der Waals surface area contributed by atoms with Crippen LogP contribution >= 0.6 is 0 Å². The van der Waals surface area contributed by atoms with Crippen molar-refractivity contribution in [2.45, 2.75) is 19.3 Å². The Bertz CT molecular complexity index is 486. The van der Waals surface area contributed by atoms with Crippen molar-refractivity contribution in [2.24, 2.45) is 11.7 Å². The van der Waals surface area contributed by atoms with Gasteiger partial charge in [0.2, 0.25) is 5.91 Å². The lowest BCUT2D eigenvalue weighted by atomic mass is 9.96. The fraction of sp³-hybridized carbons (Fsp3) is 0.533. The van der Waals surface area contributed by atoms with Crippen LogP contribution in [-0.4, -0.2) is 48.0 Å². The molecule has 0 unspecified atom stereocenters. The number of amides is 3. The Morgan fingerprint density at radius 1 is 1.27 bits per heavy atom. The molecule has 0 bridgehead atoms. The summed E-state index contributed by atoms with van der Waals surface area (Å²) in [5.74, 6) is -0.158. The van der Waals surface area contributed by atoms with Gasteiger partial charge in [-0.3, -0.25) is 9.78 Å². The Labute approximate surface area is 130 Å². The minimum atomic E-state index is -0.210. The molecule has 2 heterocycles. The van der Waals surface area contributed by atoms with Crippen molar-refractivity contribution in [1.82, 2.24) is 15.2 Å². The second kappa shape index (κ2) is 8.33. The molecule has 22 heavy (non-hydrogen) atoms. The van der Waals surface area contributed by atoms with Crippen LogP contribution < -0.4 is 16.4 Å². The summed E-state index contributed by atoms with van der Waals surface area (Å²) < 4.78 is 0. The average Bonchev–Trinajstić information content (AvgIpc) is 2.53. The summed E-state index contributed by atoms with van der Waals surface area (Å²) in [7, 11) is 0. The van der Waals surface area contributed by atoms with Crippen molar-refractivity contribution in [3.05, 3.63) is 24.5 Å². The van der Waals surface area contributed by atoms with Crippen LogP contribution in [0.5, 0.6) is 0 Å². The lowest BCUT2D eigenvalue weighted by molar-refractivity contribution is -0.123. The van der Waals surface area contributed by atoms with Gasteiger partial charge in [0, 0.05) is 30.5 Å². The van der Waals surface area contributed by atoms with E-state index in [2.05, 4.69) is 20.5 Å². The van der Waals surface area contributed by atoms with Gasteiger partial charge in [-0.15, -0.1) is 0 Å². The van der Waals surface area contributed by atoms with Crippen molar-refractivity contribution >= 4 is 17.6 Å². The van der Waals surface area contributed by atoms with Crippen molar-refractivity contribution in [3.8, 4) is 0 Å². The van der Waals surface area contributed by atoms with E-state index in [0.29, 0.717) is 6.54 Å². The van der Waals surface area contributed by atoms with E-state index in [1.54, 1.807) is 24.5 Å². The fourth-order valence-corrected chi connectivity index (χ4v) is 2.56. The van der Waals surface area contributed by atoms with Gasteiger partial charge in [0.15, 0.2) is 0 Å². The molecule has 1 fully saturated rings. The Morgan fingerprint density at radius 3 is 2.59 bits per heavy atom. The van der Waals surface area contributed by atoms with Crippen LogP contribution in [0.3, 0.4) is 0 Å². The molecule has 0 atom stereocenters. The van der Waals surface area contributed by atoms with Crippen LogP contribution in [0.15, 0.2) is 24.5 Å². The number of carbonyl (C=O) groups is 2. The summed E-state index contributed by atoms with van der Waals surface area (Å²) in [6.07, 6.45) is 5.82. The van der Waals surface area contributed by atoms with Crippen molar-refractivity contribution < 1.29 is 9.59 Å². The number of rotatable bonds is 6. The van der Waals surface area contributed by atoms with E-state index in [0.717, 1.165) is 44.6 Å². The Morgan fingerprint density at radius 2 is 1.95 bits per heavy atom. The lowest BCUT2D eigenvalue weighted by Crippen LogP contribution is -2.40. The summed E-state index contributed by atoms with van der Waals surface area (Å²) in [6, 6.07) is 3.27. The van der Waals surface area contributed by atoms with Crippen LogP contribution in [0.4, 0.5) is 10.5 Å². The molecule has 0 saturated carbocycles. The molecule has 0 aliphatic carbocycles. The van der Waals surface area contributed by atoms with Gasteiger partial charge in [-0.25, -0.2) is 4.79 Å². The number of nitrogens with zero attached hydrogens (tertiary/aromatic N) is 2. The second-order valence-electron chi connectivity index (χ2n) is 5.49. The van der Waals surface area contributed by atoms with E-state index < -0.39 is 0 Å². The number of likely N-dealkylation sites (tertiary alicyclic amines) is 1. The quantitative estimate of drug-likeness (QED) is 0.676. The number of nitrogens with one attached hydrogen (secondary N) is 2. The monoisotopic (exact) mass is 305 g/mol. The van der Waals surface area contributed by atoms with E-state index in [1.807, 2.05) is 0 Å². The maximum absolute atomic E-state index is 11.7. The lowest BCUT2D eigenvalue weighted by Gasteiger charge is -2.30. The highest BCUT2D eigenvalue weighted by Gasteiger charge is 2.22. The maximum Gasteiger partial charge on any atom is 0.319 e. The first-order valence-corrected chi connectivity index (χ1v) is 7.61. The van der Waals surface area contributed by atoms with Gasteiger partial charge in [0.25, 0.3) is 0 Å². The summed E-state index contributed by atoms with van der Waals surface area (Å²) in [5, 5.41) is 5.57. The van der Waals surface area contributed by atoms with Crippen LogP contribution in [-0.2, 0) is 4.79 Å². The summed E-state index contributed by atoms with van der Waals surface area (Å²) in [4.78, 5) is 29.0. The maximum atomic E-state index is 11.7. The molecular weight excluding hydrogens is 282 g/mol. The molecule has 0 aromatic carbocycles. The zero-order chi connectivity index (χ0) is 15.8. The van der Waals surface area contributed by atoms with Crippen molar-refractivity contribution in [2.75, 3.05) is 31.5 Å². The topological polar surface area (TPSA) is 100 Å². The number of aromatic nitrogens is 1. The number of nitrogens with two attached hydrogens (primary N) is 1. The van der Waals surface area contributed by atoms with E-state index in [9.17, 15) is 9.59 Å². The van der Waals surface area contributed by atoms with Crippen LogP contribution in [0.25, 0.3) is 0 Å². The zero-order valence-corrected chi connectivity index (χ0v) is 12.6. The third kappa shape index (κ3) is 5.33. The first-order chi connectivity index (χ1) is 10.6. The summed E-state index contributed by atoms with van der Waals surface area (Å²) in [5.41, 5.74) is 6.04. The molecule has 3 amide bonds. The number of carbonyl (C=O) groups excluding carboxylic acids is 2. The van der Waals surface area contributed by atoms with Crippen molar-refractivity contribution in [1.29, 1.82) is 0 Å². The third-order valence-electron chi connectivity index (χ3n) is 3.86. The first-order valence-electron chi connectivity index (χ1n) is 7.61. The molecule has 4 N–H and O–H groups in total. The van der Waals surface area contributed by atoms with Gasteiger partial charge in [0.05, 0.1) is 0 Å². The molecule has 120 valence electrons. The molecule has 7 nitrogen and oxygen atoms in total. The number of urea groups is 1. The second-order valence-corrected chi connectivity index (χ2v) is 5.49. The van der Waals surface area contributed by atoms with Gasteiger partial charge in [-0.1, -0.05) is 0 Å². The Balaban J connectivity index is 1.56. The summed E-state index contributed by atoms with van der Waals surface area (Å²) >= 11 is 0. The van der Waals surface area contributed by atoms with Gasteiger partial charge in [-0.05, 0) is 51.0 Å². The van der Waals surface area contributed by atoms with E-state index >= 15 is 0 Å². The predicted molar refractivity (Wildman–Crippen MR) is 84.2 cm³/mol. The molecule has 1 aromatic rings. The minimum Gasteiger partial charge on any atom is -0.369 e. The molecular formula is C15H23N5O2. The fourth-order valence-electron chi connectivity index (χ4n) is 2.56. The molecule has 0 radical (unpaired) electrons. The Hall–Kier alpha value is -2.15. The van der Waals surface area contributed by atoms with Gasteiger partial charge in [-0.2, -0.15) is 0 Å². The van der Waals surface area contributed by atoms with E-state index in [-0.39, 0.29) is 17.9 Å². The van der Waals surface area contributed by atoms with Gasteiger partial charge < -0.3 is 21.3 Å². The minimum absolute atomic E-state index is 0.0283. The number of pyridine rings is 1. The van der Waals surface area contributed by atoms with Crippen LogP contribution in [0.2, 0.25) is 0 Å². The molecule has 2 rings (SSSR count). The number of anilines is 1. The molecule has 1 aromatic heterocycles. The number of primary amides is 1. The molecule has 0 spiro atoms. The van der Waals surface area contributed by atoms with E-state index in [1.165, 1.54) is 0 Å². The molecule has 1 saturated heterocycles. The number of hydrogen-bond donors (Lipinski definition) is 3. The highest BCUT2D eigenvalue weighted by atomic mass is 16.2. The number of hydrogen-bond acceptors (Lipinski definition) is 4. The molecule has 1 aliphatic heterocycles. The largest absolute Gasteiger partial charge is 0.369 e. The van der Waals surface area contributed by atoms with Gasteiger partial charge in [0.1, 0.15) is 0 Å². The number of piperidine rings is 1. The van der Waals surface area contributed by atoms with Crippen molar-refractivity contribution in [3.63, 3.8) is 0 Å². The van der Waals surface area contributed by atoms with Crippen LogP contribution in [0, 0.1) is 5.92 Å². The zero-order valence-electron chi connectivity index (χ0n) is 12.6. The first kappa shape index (κ1) is 16.2. The highest BCUT2D eigenvalue weighted by molar-refractivity contribution is 5.88. The average molecular weight is 305 g/mol. The summed E-state index contributed by atoms with van der Waals surface area (Å²) in [6.45, 7) is 3.33. The smallest absolute Gasteiger partial charge is 0.319 e. The normalized spacial score (nSPS) is 16.2. The van der Waals surface area contributed by atoms with Crippen LogP contribution in [0.1, 0.15) is 19.3 Å². The molecule has 7 heteroatoms. The highest BCUT2D eigenvalue weighted by Crippen LogP contribution is 2.16.